The monoisotopic (exact) mass is 291 g/mol. The number of aromatic nitrogens is 6. The SMILES string of the molecule is Cc1sc2ncc(C(=O)Nc3nn[nH]n3)c(=O)n2c1C. The fourth-order valence-corrected chi connectivity index (χ4v) is 2.64. The molecule has 9 nitrogen and oxygen atoms in total. The molecule has 102 valence electrons. The highest BCUT2D eigenvalue weighted by molar-refractivity contribution is 7.17. The Morgan fingerprint density at radius 1 is 1.45 bits per heavy atom. The van der Waals surface area contributed by atoms with Crippen LogP contribution in [0.5, 0.6) is 0 Å². The second-order valence-corrected chi connectivity index (χ2v) is 5.21. The van der Waals surface area contributed by atoms with E-state index in [1.54, 1.807) is 0 Å². The second kappa shape index (κ2) is 4.49. The molecule has 0 aliphatic carbocycles. The molecule has 0 aliphatic heterocycles. The summed E-state index contributed by atoms with van der Waals surface area (Å²) in [6.07, 6.45) is 1.25. The Bertz CT molecular complexity index is 848. The van der Waals surface area contributed by atoms with Crippen molar-refractivity contribution < 1.29 is 4.79 Å². The van der Waals surface area contributed by atoms with Crippen LogP contribution in [0.1, 0.15) is 20.9 Å². The molecule has 2 N–H and O–H groups in total. The van der Waals surface area contributed by atoms with Crippen LogP contribution >= 0.6 is 11.3 Å². The summed E-state index contributed by atoms with van der Waals surface area (Å²) in [6, 6.07) is 0. The Morgan fingerprint density at radius 3 is 2.95 bits per heavy atom. The first-order valence-corrected chi connectivity index (χ1v) is 6.42. The molecule has 0 bridgehead atoms. The standard InChI is InChI=1S/C10H9N7O2S/c1-4-5(2)20-10-11-3-6(8(19)17(4)10)7(18)12-9-13-15-16-14-9/h3H,1-2H3,(H2,12,13,14,15,16,18). The molecule has 1 amide bonds. The minimum absolute atomic E-state index is 0.00211. The molecule has 0 aliphatic rings. The number of hydrogen-bond donors (Lipinski definition) is 2. The number of amides is 1. The molecule has 3 heterocycles. The van der Waals surface area contributed by atoms with Crippen LogP contribution in [0.2, 0.25) is 0 Å². The van der Waals surface area contributed by atoms with E-state index in [1.807, 2.05) is 13.8 Å². The van der Waals surface area contributed by atoms with Crippen LogP contribution in [0.15, 0.2) is 11.0 Å². The maximum Gasteiger partial charge on any atom is 0.271 e. The van der Waals surface area contributed by atoms with Crippen LogP contribution in [-0.4, -0.2) is 35.9 Å². The van der Waals surface area contributed by atoms with E-state index < -0.39 is 11.5 Å². The molecule has 0 radical (unpaired) electrons. The summed E-state index contributed by atoms with van der Waals surface area (Å²) in [5.74, 6) is -0.626. The van der Waals surface area contributed by atoms with Crippen LogP contribution < -0.4 is 10.9 Å². The fourth-order valence-electron chi connectivity index (χ4n) is 1.72. The molecular formula is C10H9N7O2S. The third-order valence-corrected chi connectivity index (χ3v) is 3.91. The molecule has 3 aromatic heterocycles. The van der Waals surface area contributed by atoms with Crippen molar-refractivity contribution in [2.75, 3.05) is 5.32 Å². The summed E-state index contributed by atoms with van der Waals surface area (Å²) in [6.45, 7) is 3.70. The van der Waals surface area contributed by atoms with Crippen molar-refractivity contribution in [3.8, 4) is 0 Å². The molecule has 0 aromatic carbocycles. The zero-order chi connectivity index (χ0) is 14.3. The number of nitrogens with one attached hydrogen (secondary N) is 2. The van der Waals surface area contributed by atoms with Crippen molar-refractivity contribution in [3.63, 3.8) is 0 Å². The molecular weight excluding hydrogens is 282 g/mol. The highest BCUT2D eigenvalue weighted by atomic mass is 32.1. The van der Waals surface area contributed by atoms with Crippen LogP contribution in [0.4, 0.5) is 5.95 Å². The molecule has 0 saturated heterocycles. The van der Waals surface area contributed by atoms with Gasteiger partial charge in [-0.05, 0) is 19.1 Å². The predicted octanol–water partition coefficient (Wildman–Crippen LogP) is 0.138. The average Bonchev–Trinajstić information content (AvgIpc) is 3.00. The lowest BCUT2D eigenvalue weighted by molar-refractivity contribution is 0.102. The third kappa shape index (κ3) is 1.86. The summed E-state index contributed by atoms with van der Waals surface area (Å²) in [4.78, 5) is 30.0. The third-order valence-electron chi connectivity index (χ3n) is 2.83. The van der Waals surface area contributed by atoms with Gasteiger partial charge in [-0.1, -0.05) is 5.10 Å². The van der Waals surface area contributed by atoms with Crippen LogP contribution in [0.3, 0.4) is 0 Å². The van der Waals surface area contributed by atoms with Gasteiger partial charge in [0.05, 0.1) is 0 Å². The lowest BCUT2D eigenvalue weighted by atomic mass is 10.3. The first-order valence-electron chi connectivity index (χ1n) is 5.60. The Hall–Kier alpha value is -2.62. The van der Waals surface area contributed by atoms with E-state index in [-0.39, 0.29) is 11.5 Å². The smallest absolute Gasteiger partial charge is 0.271 e. The Morgan fingerprint density at radius 2 is 2.25 bits per heavy atom. The Labute approximate surface area is 115 Å². The molecule has 0 unspecified atom stereocenters. The maximum absolute atomic E-state index is 12.3. The molecule has 0 spiro atoms. The summed E-state index contributed by atoms with van der Waals surface area (Å²) in [7, 11) is 0. The van der Waals surface area contributed by atoms with Crippen molar-refractivity contribution in [1.82, 2.24) is 30.0 Å². The molecule has 20 heavy (non-hydrogen) atoms. The number of nitrogens with zero attached hydrogens (tertiary/aromatic N) is 5. The Balaban J connectivity index is 2.08. The number of rotatable bonds is 2. The number of tetrazole rings is 1. The van der Waals surface area contributed by atoms with E-state index in [1.165, 1.54) is 21.9 Å². The van der Waals surface area contributed by atoms with E-state index in [2.05, 4.69) is 30.9 Å². The van der Waals surface area contributed by atoms with E-state index in [0.717, 1.165) is 10.6 Å². The first kappa shape index (κ1) is 12.4. The van der Waals surface area contributed by atoms with Gasteiger partial charge in [0.25, 0.3) is 17.4 Å². The number of H-pyrrole nitrogens is 1. The summed E-state index contributed by atoms with van der Waals surface area (Å²) < 4.78 is 1.42. The van der Waals surface area contributed by atoms with Crippen molar-refractivity contribution in [2.24, 2.45) is 0 Å². The van der Waals surface area contributed by atoms with E-state index in [4.69, 9.17) is 0 Å². The van der Waals surface area contributed by atoms with Crippen molar-refractivity contribution in [3.05, 3.63) is 32.7 Å². The lowest BCUT2D eigenvalue weighted by Crippen LogP contribution is -2.27. The zero-order valence-electron chi connectivity index (χ0n) is 10.5. The van der Waals surface area contributed by atoms with Gasteiger partial charge < -0.3 is 0 Å². The number of hydrogen-bond acceptors (Lipinski definition) is 7. The molecule has 10 heteroatoms. The largest absolute Gasteiger partial charge is 0.288 e. The minimum Gasteiger partial charge on any atom is -0.288 e. The highest BCUT2D eigenvalue weighted by Crippen LogP contribution is 2.18. The normalized spacial score (nSPS) is 10.9. The molecule has 3 aromatic rings. The molecule has 0 saturated carbocycles. The van der Waals surface area contributed by atoms with E-state index in [0.29, 0.717) is 4.96 Å². The number of fused-ring (bicyclic) bond motifs is 1. The number of aryl methyl sites for hydroxylation is 2. The Kier molecular flexibility index (Phi) is 2.79. The average molecular weight is 291 g/mol. The number of thiazole rings is 1. The van der Waals surface area contributed by atoms with Gasteiger partial charge in [0.15, 0.2) is 4.96 Å². The summed E-state index contributed by atoms with van der Waals surface area (Å²) >= 11 is 1.40. The summed E-state index contributed by atoms with van der Waals surface area (Å²) in [5, 5.41) is 15.1. The van der Waals surface area contributed by atoms with Gasteiger partial charge in [-0.2, -0.15) is 5.21 Å². The fraction of sp³-hybridized carbons (Fsp3) is 0.200. The van der Waals surface area contributed by atoms with Crippen molar-refractivity contribution in [2.45, 2.75) is 13.8 Å². The van der Waals surface area contributed by atoms with E-state index in [9.17, 15) is 9.59 Å². The predicted molar refractivity (Wildman–Crippen MR) is 70.9 cm³/mol. The van der Waals surface area contributed by atoms with Crippen LogP contribution in [0.25, 0.3) is 4.96 Å². The second-order valence-electron chi connectivity index (χ2n) is 4.03. The lowest BCUT2D eigenvalue weighted by Gasteiger charge is -2.01. The minimum atomic E-state index is -0.624. The van der Waals surface area contributed by atoms with E-state index >= 15 is 0 Å². The highest BCUT2D eigenvalue weighted by Gasteiger charge is 2.17. The van der Waals surface area contributed by atoms with Gasteiger partial charge in [-0.15, -0.1) is 16.4 Å². The van der Waals surface area contributed by atoms with Gasteiger partial charge in [-0.25, -0.2) is 4.98 Å². The van der Waals surface area contributed by atoms with Crippen molar-refractivity contribution in [1.29, 1.82) is 0 Å². The van der Waals surface area contributed by atoms with Gasteiger partial charge in [0, 0.05) is 16.8 Å². The van der Waals surface area contributed by atoms with Gasteiger partial charge >= 0.3 is 0 Å². The van der Waals surface area contributed by atoms with Gasteiger partial charge in [0.2, 0.25) is 0 Å². The van der Waals surface area contributed by atoms with Crippen molar-refractivity contribution >= 4 is 28.2 Å². The van der Waals surface area contributed by atoms with Gasteiger partial charge in [-0.3, -0.25) is 19.3 Å². The maximum atomic E-state index is 12.3. The van der Waals surface area contributed by atoms with Gasteiger partial charge in [0.1, 0.15) is 5.56 Å². The topological polar surface area (TPSA) is 118 Å². The molecule has 0 atom stereocenters. The number of anilines is 1. The number of aromatic amines is 1. The molecule has 3 rings (SSSR count). The number of carbonyl (C=O) groups is 1. The quantitative estimate of drug-likeness (QED) is 0.693. The first-order chi connectivity index (χ1) is 9.58. The van der Waals surface area contributed by atoms with Crippen LogP contribution in [-0.2, 0) is 0 Å². The zero-order valence-corrected chi connectivity index (χ0v) is 11.4. The summed E-state index contributed by atoms with van der Waals surface area (Å²) in [5.41, 5.74) is 0.280. The van der Waals surface area contributed by atoms with Crippen LogP contribution in [0, 0.1) is 13.8 Å². The number of carbonyl (C=O) groups excluding carboxylic acids is 1. The molecule has 0 fully saturated rings.